The number of rotatable bonds is 31. The Morgan fingerprint density at radius 3 is 1.86 bits per heavy atom. The number of alkyl carbamates (subject to hydrolysis) is 1. The molecule has 0 bridgehead atoms. The van der Waals surface area contributed by atoms with Crippen molar-refractivity contribution in [1.29, 1.82) is 0 Å². The lowest BCUT2D eigenvalue weighted by molar-refractivity contribution is -0.145. The van der Waals surface area contributed by atoms with Crippen LogP contribution in [0.4, 0.5) is 4.79 Å². The second-order valence-corrected chi connectivity index (χ2v) is 28.4. The Morgan fingerprint density at radius 1 is 0.694 bits per heavy atom. The van der Waals surface area contributed by atoms with E-state index in [1.54, 1.807) is 0 Å². The number of esters is 1. The predicted molar refractivity (Wildman–Crippen MR) is 211 cm³/mol. The summed E-state index contributed by atoms with van der Waals surface area (Å²) in [5.41, 5.74) is 0. The van der Waals surface area contributed by atoms with E-state index in [-0.39, 0.29) is 18.2 Å². The molecule has 1 N–H and O–H groups in total. The van der Waals surface area contributed by atoms with Gasteiger partial charge in [0.15, 0.2) is 16.6 Å². The second kappa shape index (κ2) is 26.9. The van der Waals surface area contributed by atoms with E-state index in [0.29, 0.717) is 32.8 Å². The van der Waals surface area contributed by atoms with Crippen LogP contribution in [0.15, 0.2) is 0 Å². The van der Waals surface area contributed by atoms with Crippen molar-refractivity contribution >= 4 is 37.3 Å². The van der Waals surface area contributed by atoms with Crippen molar-refractivity contribution in [1.82, 2.24) is 20.0 Å². The van der Waals surface area contributed by atoms with Crippen LogP contribution in [0.1, 0.15) is 71.6 Å². The van der Waals surface area contributed by atoms with Crippen LogP contribution in [0.3, 0.4) is 0 Å². The summed E-state index contributed by atoms with van der Waals surface area (Å²) in [7, 11) is 2.78. The van der Waals surface area contributed by atoms with Gasteiger partial charge in [-0.3, -0.25) is 9.69 Å². The molecule has 14 heteroatoms. The van der Waals surface area contributed by atoms with Gasteiger partial charge in [-0.05, 0) is 145 Å². The van der Waals surface area contributed by atoms with E-state index in [0.717, 1.165) is 96.2 Å². The number of hydrogen-bond donors (Lipinski definition) is 1. The molecule has 1 unspecified atom stereocenters. The van der Waals surface area contributed by atoms with Crippen LogP contribution in [0.2, 0.25) is 51.4 Å². The van der Waals surface area contributed by atoms with Gasteiger partial charge in [0.2, 0.25) is 0 Å². The molecule has 0 aromatic heterocycles. The average molecular weight is 751 g/mol. The topological polar surface area (TPSA) is 102 Å². The third-order valence-corrected chi connectivity index (χ3v) is 19.9. The van der Waals surface area contributed by atoms with E-state index >= 15 is 0 Å². The van der Waals surface area contributed by atoms with E-state index in [4.69, 9.17) is 22.4 Å². The van der Waals surface area contributed by atoms with Gasteiger partial charge in [-0.25, -0.2) is 4.79 Å². The highest BCUT2D eigenvalue weighted by molar-refractivity contribution is 6.87. The van der Waals surface area contributed by atoms with Crippen LogP contribution in [0.5, 0.6) is 0 Å². The average Bonchev–Trinajstić information content (AvgIpc) is 2.96. The molecule has 49 heavy (non-hydrogen) atoms. The minimum absolute atomic E-state index is 0.163. The maximum atomic E-state index is 12.3. The maximum absolute atomic E-state index is 12.3. The Kier molecular flexibility index (Phi) is 26.4. The molecule has 0 aromatic rings. The minimum Gasteiger partial charge on any atom is -0.463 e. The van der Waals surface area contributed by atoms with Crippen molar-refractivity contribution in [2.75, 3.05) is 87.3 Å². The van der Waals surface area contributed by atoms with Crippen molar-refractivity contribution < 1.29 is 32.0 Å². The molecule has 0 saturated carbocycles. The number of unbranched alkanes of at least 4 members (excludes halogenated alkanes) is 4. The molecular formula is C35H78N4O7Si3. The molecule has 11 nitrogen and oxygen atoms in total. The van der Waals surface area contributed by atoms with Gasteiger partial charge in [-0.1, -0.05) is 26.2 Å². The Hall–Kier alpha value is -0.849. The summed E-state index contributed by atoms with van der Waals surface area (Å²) in [5.74, 6) is -0.163. The number of nitrogens with zero attached hydrogens (tertiary/aromatic N) is 3. The molecule has 0 fully saturated rings. The molecule has 0 aromatic carbocycles. The summed E-state index contributed by atoms with van der Waals surface area (Å²) in [6.07, 6.45) is 7.75. The van der Waals surface area contributed by atoms with Crippen molar-refractivity contribution in [3.8, 4) is 0 Å². The summed E-state index contributed by atoms with van der Waals surface area (Å²) >= 11 is 0. The van der Waals surface area contributed by atoms with E-state index in [2.05, 4.69) is 94.4 Å². The Morgan fingerprint density at radius 2 is 1.27 bits per heavy atom. The van der Waals surface area contributed by atoms with Crippen molar-refractivity contribution in [2.45, 2.75) is 129 Å². The van der Waals surface area contributed by atoms with Crippen molar-refractivity contribution in [2.24, 2.45) is 0 Å². The molecule has 0 radical (unpaired) electrons. The van der Waals surface area contributed by atoms with Crippen LogP contribution in [0, 0.1) is 0 Å². The molecular weight excluding hydrogens is 673 g/mol. The summed E-state index contributed by atoms with van der Waals surface area (Å²) in [4.78, 5) is 31.2. The highest BCUT2D eigenvalue weighted by Crippen LogP contribution is 2.25. The number of amides is 1. The number of ether oxygens (including phenoxy) is 3. The first kappa shape index (κ1) is 48.2. The molecule has 0 saturated heterocycles. The fourth-order valence-electron chi connectivity index (χ4n) is 5.72. The maximum Gasteiger partial charge on any atom is 0.407 e. The van der Waals surface area contributed by atoms with E-state index in [1.807, 2.05) is 6.92 Å². The standard InChI is InChI=1S/C35H78N4O7Si3/c1-13-47(7,8)45-49(11,12)46-48(9,10)31-21-28-42-29-30-43-34(40)22-17-15-14-16-18-23-36-35(41)44-33(2)32-39(26-19-24-37(3)4)27-20-25-38(5)6/h33H,13-32H2,1-12H3,(H,36,41). The molecule has 0 aliphatic carbocycles. The minimum atomic E-state index is -2.13. The fraction of sp³-hybridized carbons (Fsp3) is 0.943. The zero-order chi connectivity index (χ0) is 37.3. The lowest BCUT2D eigenvalue weighted by atomic mass is 10.1. The lowest BCUT2D eigenvalue weighted by Gasteiger charge is -2.38. The fourth-order valence-corrected chi connectivity index (χ4v) is 18.9. The third kappa shape index (κ3) is 30.5. The largest absolute Gasteiger partial charge is 0.463 e. The van der Waals surface area contributed by atoms with Gasteiger partial charge in [0.25, 0.3) is 0 Å². The van der Waals surface area contributed by atoms with Gasteiger partial charge >= 0.3 is 20.6 Å². The van der Waals surface area contributed by atoms with E-state index in [1.165, 1.54) is 0 Å². The second-order valence-electron chi connectivity index (χ2n) is 15.7. The SMILES string of the molecule is CC[Si](C)(C)O[Si](C)(C)O[Si](C)(C)CCCOCCOC(=O)CCCCCCCNC(=O)OC(C)CN(CCCN(C)C)CCCN(C)C. The third-order valence-electron chi connectivity index (χ3n) is 8.26. The highest BCUT2D eigenvalue weighted by atomic mass is 28.5. The normalized spacial score (nSPS) is 13.4. The Bertz CT molecular complexity index is 853. The summed E-state index contributed by atoms with van der Waals surface area (Å²) in [6, 6.07) is 2.12. The van der Waals surface area contributed by atoms with Gasteiger partial charge in [-0.15, -0.1) is 0 Å². The Balaban J connectivity index is 3.91. The van der Waals surface area contributed by atoms with E-state index in [9.17, 15) is 9.59 Å². The van der Waals surface area contributed by atoms with Crippen molar-refractivity contribution in [3.05, 3.63) is 0 Å². The zero-order valence-corrected chi connectivity index (χ0v) is 36.9. The van der Waals surface area contributed by atoms with Crippen LogP contribution < -0.4 is 5.32 Å². The lowest BCUT2D eigenvalue weighted by Crippen LogP contribution is -2.52. The van der Waals surface area contributed by atoms with E-state index < -0.39 is 25.2 Å². The molecule has 1 amide bonds. The van der Waals surface area contributed by atoms with Gasteiger partial charge in [0.05, 0.1) is 6.61 Å². The van der Waals surface area contributed by atoms with Crippen LogP contribution in [-0.4, -0.2) is 145 Å². The first-order valence-electron chi connectivity index (χ1n) is 19.0. The molecule has 0 spiro atoms. The predicted octanol–water partition coefficient (Wildman–Crippen LogP) is 6.76. The molecule has 0 rings (SSSR count). The summed E-state index contributed by atoms with van der Waals surface area (Å²) in [6.45, 7) is 24.4. The van der Waals surface area contributed by atoms with Gasteiger partial charge in [0, 0.05) is 26.1 Å². The molecule has 0 aliphatic rings. The quantitative estimate of drug-likeness (QED) is 0.0465. The number of carbonyl (C=O) groups is 2. The summed E-state index contributed by atoms with van der Waals surface area (Å²) < 4.78 is 29.8. The van der Waals surface area contributed by atoms with Crippen LogP contribution >= 0.6 is 0 Å². The first-order valence-corrected chi connectivity index (χ1v) is 28.0. The molecule has 292 valence electrons. The monoisotopic (exact) mass is 751 g/mol. The van der Waals surface area contributed by atoms with Crippen LogP contribution in [-0.2, 0) is 27.2 Å². The smallest absolute Gasteiger partial charge is 0.407 e. The molecule has 0 aliphatic heterocycles. The highest BCUT2D eigenvalue weighted by Gasteiger charge is 2.38. The zero-order valence-electron chi connectivity index (χ0n) is 33.9. The molecule has 1 atom stereocenters. The first-order chi connectivity index (χ1) is 22.9. The van der Waals surface area contributed by atoms with Gasteiger partial charge < -0.3 is 37.6 Å². The summed E-state index contributed by atoms with van der Waals surface area (Å²) in [5, 5.41) is 2.89. The van der Waals surface area contributed by atoms with Gasteiger partial charge in [0.1, 0.15) is 12.7 Å². The van der Waals surface area contributed by atoms with Crippen molar-refractivity contribution in [3.63, 3.8) is 0 Å². The number of hydrogen-bond acceptors (Lipinski definition) is 10. The Labute approximate surface area is 305 Å². The van der Waals surface area contributed by atoms with Gasteiger partial charge in [-0.2, -0.15) is 0 Å². The molecule has 0 heterocycles. The number of nitrogens with one attached hydrogen (secondary N) is 1. The van der Waals surface area contributed by atoms with Crippen LogP contribution in [0.25, 0.3) is 0 Å². The number of carbonyl (C=O) groups excluding carboxylic acids is 2.